The molecular weight excluding hydrogens is 312 g/mol. The van der Waals surface area contributed by atoms with Crippen LogP contribution in [0, 0.1) is 6.92 Å². The second kappa shape index (κ2) is 7.28. The normalized spacial score (nSPS) is 11.0. The molecule has 0 saturated carbocycles. The number of carbonyl (C=O) groups is 1. The van der Waals surface area contributed by atoms with Crippen LogP contribution in [-0.2, 0) is 21.2 Å². The number of sulfonamides is 1. The molecule has 2 rings (SSSR count). The minimum atomic E-state index is -3.59. The van der Waals surface area contributed by atoms with Crippen molar-refractivity contribution in [3.8, 4) is 0 Å². The van der Waals surface area contributed by atoms with Gasteiger partial charge in [0.1, 0.15) is 0 Å². The van der Waals surface area contributed by atoms with Crippen molar-refractivity contribution in [2.75, 3.05) is 11.8 Å². The van der Waals surface area contributed by atoms with Gasteiger partial charge in [-0.2, -0.15) is 0 Å². The van der Waals surface area contributed by atoms with Crippen molar-refractivity contribution in [2.24, 2.45) is 0 Å². The van der Waals surface area contributed by atoms with E-state index in [4.69, 9.17) is 0 Å². The molecule has 0 fully saturated rings. The number of hydrogen-bond donors (Lipinski definition) is 2. The Bertz CT molecular complexity index is 766. The Kier molecular flexibility index (Phi) is 5.39. The van der Waals surface area contributed by atoms with E-state index in [1.165, 1.54) is 0 Å². The molecule has 1 amide bonds. The average Bonchev–Trinajstić information content (AvgIpc) is 2.54. The molecule has 0 atom stereocenters. The molecule has 2 aromatic carbocycles. The lowest BCUT2D eigenvalue weighted by Gasteiger charge is -2.09. The summed E-state index contributed by atoms with van der Waals surface area (Å²) in [5.41, 5.74) is 2.48. The Morgan fingerprint density at radius 2 is 1.61 bits per heavy atom. The van der Waals surface area contributed by atoms with E-state index in [9.17, 15) is 13.2 Å². The lowest BCUT2D eigenvalue weighted by molar-refractivity contribution is -0.120. The number of hydrogen-bond acceptors (Lipinski definition) is 3. The Balaban J connectivity index is 2.05. The molecular formula is C17H20N2O3S. The summed E-state index contributed by atoms with van der Waals surface area (Å²) in [6.45, 7) is 1.90. The molecule has 6 heteroatoms. The molecule has 0 heterocycles. The Morgan fingerprint density at radius 3 is 2.17 bits per heavy atom. The van der Waals surface area contributed by atoms with Crippen LogP contribution < -0.4 is 10.0 Å². The van der Waals surface area contributed by atoms with Gasteiger partial charge in [-0.1, -0.05) is 29.8 Å². The van der Waals surface area contributed by atoms with Gasteiger partial charge >= 0.3 is 0 Å². The number of rotatable bonds is 6. The summed E-state index contributed by atoms with van der Waals surface area (Å²) in [6, 6.07) is 13.7. The maximum Gasteiger partial charge on any atom is 0.261 e. The van der Waals surface area contributed by atoms with Crippen molar-refractivity contribution < 1.29 is 13.2 Å². The first kappa shape index (κ1) is 17.0. The minimum Gasteiger partial charge on any atom is -0.359 e. The molecule has 0 aromatic heterocycles. The fraction of sp³-hybridized carbons (Fsp3) is 0.235. The maximum atomic E-state index is 12.3. The number of amides is 1. The van der Waals surface area contributed by atoms with E-state index in [0.29, 0.717) is 18.5 Å². The van der Waals surface area contributed by atoms with Gasteiger partial charge in [0.25, 0.3) is 10.0 Å². The van der Waals surface area contributed by atoms with Crippen molar-refractivity contribution in [3.05, 3.63) is 59.7 Å². The summed E-state index contributed by atoms with van der Waals surface area (Å²) >= 11 is 0. The third-order valence-corrected chi connectivity index (χ3v) is 4.85. The van der Waals surface area contributed by atoms with Gasteiger partial charge in [0.2, 0.25) is 5.91 Å². The fourth-order valence-corrected chi connectivity index (χ4v) is 3.11. The summed E-state index contributed by atoms with van der Waals surface area (Å²) in [6.07, 6.45) is 1.02. The van der Waals surface area contributed by atoms with Crippen LogP contribution in [0.5, 0.6) is 0 Å². The van der Waals surface area contributed by atoms with Crippen LogP contribution in [0.25, 0.3) is 0 Å². The molecule has 5 nitrogen and oxygen atoms in total. The lowest BCUT2D eigenvalue weighted by Crippen LogP contribution is -2.17. The topological polar surface area (TPSA) is 75.3 Å². The molecule has 0 spiro atoms. The fourth-order valence-electron chi connectivity index (χ4n) is 2.05. The van der Waals surface area contributed by atoms with E-state index in [0.717, 1.165) is 11.1 Å². The van der Waals surface area contributed by atoms with Crippen molar-refractivity contribution in [1.82, 2.24) is 5.32 Å². The van der Waals surface area contributed by atoms with E-state index in [1.54, 1.807) is 43.4 Å². The van der Waals surface area contributed by atoms with E-state index in [-0.39, 0.29) is 10.8 Å². The van der Waals surface area contributed by atoms with Crippen molar-refractivity contribution in [3.63, 3.8) is 0 Å². The quantitative estimate of drug-likeness (QED) is 0.853. The van der Waals surface area contributed by atoms with Gasteiger partial charge in [0.05, 0.1) is 4.90 Å². The maximum absolute atomic E-state index is 12.3. The van der Waals surface area contributed by atoms with Gasteiger partial charge in [0, 0.05) is 19.2 Å². The van der Waals surface area contributed by atoms with Crippen LogP contribution in [0.1, 0.15) is 17.5 Å². The zero-order valence-electron chi connectivity index (χ0n) is 13.2. The highest BCUT2D eigenvalue weighted by Crippen LogP contribution is 2.17. The summed E-state index contributed by atoms with van der Waals surface area (Å²) in [7, 11) is -1.98. The second-order valence-electron chi connectivity index (χ2n) is 5.29. The summed E-state index contributed by atoms with van der Waals surface area (Å²) in [5, 5.41) is 2.57. The Hall–Kier alpha value is -2.34. The Labute approximate surface area is 136 Å². The van der Waals surface area contributed by atoms with Gasteiger partial charge in [0.15, 0.2) is 0 Å². The molecule has 0 aliphatic carbocycles. The molecule has 0 unspecified atom stereocenters. The minimum absolute atomic E-state index is 0.0193. The number of aryl methyl sites for hydroxylation is 2. The van der Waals surface area contributed by atoms with Crippen molar-refractivity contribution in [2.45, 2.75) is 24.7 Å². The largest absolute Gasteiger partial charge is 0.359 e. The van der Waals surface area contributed by atoms with Crippen LogP contribution in [0.4, 0.5) is 5.69 Å². The molecule has 0 saturated heterocycles. The molecule has 2 aromatic rings. The van der Waals surface area contributed by atoms with Crippen LogP contribution in [0.15, 0.2) is 53.4 Å². The van der Waals surface area contributed by atoms with Gasteiger partial charge in [-0.05, 0) is 43.2 Å². The highest BCUT2D eigenvalue weighted by molar-refractivity contribution is 7.92. The van der Waals surface area contributed by atoms with Gasteiger partial charge in [-0.15, -0.1) is 0 Å². The zero-order chi connectivity index (χ0) is 16.9. The second-order valence-corrected chi connectivity index (χ2v) is 6.97. The first-order valence-electron chi connectivity index (χ1n) is 7.30. The van der Waals surface area contributed by atoms with Crippen LogP contribution >= 0.6 is 0 Å². The third kappa shape index (κ3) is 4.82. The SMILES string of the molecule is CNC(=O)CCc1ccc(NS(=O)(=O)c2ccc(C)cc2)cc1. The number of carbonyl (C=O) groups excluding carboxylic acids is 1. The predicted molar refractivity (Wildman–Crippen MR) is 90.8 cm³/mol. The molecule has 122 valence electrons. The van der Waals surface area contributed by atoms with Crippen molar-refractivity contribution >= 4 is 21.6 Å². The lowest BCUT2D eigenvalue weighted by atomic mass is 10.1. The summed E-state index contributed by atoms with van der Waals surface area (Å²) < 4.78 is 27.1. The van der Waals surface area contributed by atoms with E-state index < -0.39 is 10.0 Å². The van der Waals surface area contributed by atoms with Crippen molar-refractivity contribution in [1.29, 1.82) is 0 Å². The van der Waals surface area contributed by atoms with E-state index >= 15 is 0 Å². The average molecular weight is 332 g/mol. The first-order valence-corrected chi connectivity index (χ1v) is 8.78. The van der Waals surface area contributed by atoms with Crippen LogP contribution in [0.2, 0.25) is 0 Å². The highest BCUT2D eigenvalue weighted by Gasteiger charge is 2.13. The molecule has 2 N–H and O–H groups in total. The monoisotopic (exact) mass is 332 g/mol. The van der Waals surface area contributed by atoms with Crippen LogP contribution in [0.3, 0.4) is 0 Å². The number of nitrogens with one attached hydrogen (secondary N) is 2. The van der Waals surface area contributed by atoms with Gasteiger partial charge in [-0.3, -0.25) is 9.52 Å². The zero-order valence-corrected chi connectivity index (χ0v) is 14.0. The molecule has 0 bridgehead atoms. The highest BCUT2D eigenvalue weighted by atomic mass is 32.2. The molecule has 0 radical (unpaired) electrons. The summed E-state index contributed by atoms with van der Waals surface area (Å²) in [5.74, 6) is -0.0193. The van der Waals surface area contributed by atoms with Crippen LogP contribution in [-0.4, -0.2) is 21.4 Å². The number of anilines is 1. The van der Waals surface area contributed by atoms with Gasteiger partial charge < -0.3 is 5.32 Å². The van der Waals surface area contributed by atoms with E-state index in [1.807, 2.05) is 19.1 Å². The number of benzene rings is 2. The third-order valence-electron chi connectivity index (χ3n) is 3.46. The molecule has 0 aliphatic rings. The molecule has 0 aliphatic heterocycles. The van der Waals surface area contributed by atoms with Gasteiger partial charge in [-0.25, -0.2) is 8.42 Å². The standard InChI is InChI=1S/C17H20N2O3S/c1-13-3-10-16(11-4-13)23(21,22)19-15-8-5-14(6-9-15)7-12-17(20)18-2/h3-6,8-11,19H,7,12H2,1-2H3,(H,18,20). The Morgan fingerprint density at radius 1 is 1.00 bits per heavy atom. The molecule has 23 heavy (non-hydrogen) atoms. The first-order chi connectivity index (χ1) is 10.9. The smallest absolute Gasteiger partial charge is 0.261 e. The summed E-state index contributed by atoms with van der Waals surface area (Å²) in [4.78, 5) is 11.4. The van der Waals surface area contributed by atoms with E-state index in [2.05, 4.69) is 10.0 Å². The predicted octanol–water partition coefficient (Wildman–Crippen LogP) is 2.47.